The lowest BCUT2D eigenvalue weighted by molar-refractivity contribution is -0.150. The van der Waals surface area contributed by atoms with Gasteiger partial charge < -0.3 is 83.8 Å². The molecule has 34 heteroatoms. The van der Waals surface area contributed by atoms with Crippen molar-refractivity contribution in [2.24, 2.45) is 17.8 Å². The van der Waals surface area contributed by atoms with E-state index in [1.165, 1.54) is 90.9 Å². The highest BCUT2D eigenvalue weighted by molar-refractivity contribution is 6.02. The molecular formula is C80H138N18O16. The molecule has 5 saturated heterocycles. The molecule has 0 aromatic carbocycles. The van der Waals surface area contributed by atoms with Crippen LogP contribution < -0.4 is 69.1 Å². The fourth-order valence-electron chi connectivity index (χ4n) is 15.2. The number of likely N-dealkylation sites (tertiary alicyclic amines) is 3. The number of amides is 16. The first-order valence-electron chi connectivity index (χ1n) is 41.1. The van der Waals surface area contributed by atoms with Crippen LogP contribution in [0.25, 0.3) is 0 Å². The molecule has 5 aliphatic heterocycles. The predicted octanol–water partition coefficient (Wildman–Crippen LogP) is 0.872. The van der Waals surface area contributed by atoms with Crippen LogP contribution in [0, 0.1) is 17.8 Å². The topological polar surface area (TPSA) is 446 Å². The van der Waals surface area contributed by atoms with Crippen molar-refractivity contribution in [2.75, 3.05) is 65.4 Å². The first kappa shape index (κ1) is 96.0. The van der Waals surface area contributed by atoms with Crippen LogP contribution in [0.4, 0.5) is 0 Å². The number of hydrogen-bond donors (Lipinski definition) is 13. The van der Waals surface area contributed by atoms with Crippen LogP contribution in [0.15, 0.2) is 0 Å². The number of nitrogens with zero attached hydrogens (tertiary/aromatic N) is 5. The maximum Gasteiger partial charge on any atom is 0.248 e. The molecule has 0 aromatic rings. The van der Waals surface area contributed by atoms with Crippen LogP contribution in [0.2, 0.25) is 0 Å². The number of nitrogens with one attached hydrogen (secondary N) is 13. The maximum absolute atomic E-state index is 14.4. The molecule has 0 aliphatic carbocycles. The normalized spacial score (nSPS) is 19.7. The Bertz CT molecular complexity index is 3500. The van der Waals surface area contributed by atoms with Crippen molar-refractivity contribution in [3.63, 3.8) is 0 Å². The minimum absolute atomic E-state index is 0.0576. The number of fused-ring (bicyclic) bond motifs is 1. The number of rotatable bonds is 37. The molecule has 7 atom stereocenters. The van der Waals surface area contributed by atoms with E-state index in [1.54, 1.807) is 27.7 Å². The van der Waals surface area contributed by atoms with E-state index in [2.05, 4.69) is 92.8 Å². The summed E-state index contributed by atoms with van der Waals surface area (Å²) in [4.78, 5) is 229. The molecule has 16 amide bonds. The quantitative estimate of drug-likeness (QED) is 0.0410. The fraction of sp³-hybridized carbons (Fsp3) is 0.800. The largest absolute Gasteiger partial charge is 0.354 e. The van der Waals surface area contributed by atoms with E-state index in [0.717, 1.165) is 58.2 Å². The summed E-state index contributed by atoms with van der Waals surface area (Å²) in [5, 5.41) is 35.4. The molecule has 5 rings (SSSR count). The van der Waals surface area contributed by atoms with Gasteiger partial charge in [0.2, 0.25) is 94.5 Å². The molecule has 0 bridgehead atoms. The van der Waals surface area contributed by atoms with Crippen molar-refractivity contribution in [1.82, 2.24) is 93.6 Å². The van der Waals surface area contributed by atoms with Crippen molar-refractivity contribution >= 4 is 94.5 Å². The molecule has 0 radical (unpaired) electrons. The molecule has 5 heterocycles. The molecular weight excluding hydrogens is 1470 g/mol. The number of piperidine rings is 3. The number of carbonyl (C=O) groups excluding carboxylic acids is 16. The summed E-state index contributed by atoms with van der Waals surface area (Å²) in [6.07, 6.45) is 9.17. The summed E-state index contributed by atoms with van der Waals surface area (Å²) in [5.41, 5.74) is -11.1. The van der Waals surface area contributed by atoms with Crippen LogP contribution in [0.3, 0.4) is 0 Å². The Labute approximate surface area is 674 Å². The molecule has 13 N–H and O–H groups in total. The highest BCUT2D eigenvalue weighted by Crippen LogP contribution is 2.29. The summed E-state index contributed by atoms with van der Waals surface area (Å²) in [6, 6.07) is -5.17. The first-order chi connectivity index (χ1) is 52.7. The van der Waals surface area contributed by atoms with Gasteiger partial charge in [-0.2, -0.15) is 0 Å². The van der Waals surface area contributed by atoms with Gasteiger partial charge >= 0.3 is 0 Å². The SMILES string of the molecule is CC(=O)N1CCCCC1C(=O)NC(C)(C)C(=O)N1CCCCC1C(=O)NC(C)(C)C(=O)NC(C)(C)C(=O)NC(CC(C)C)C(=O)NCCC(=O)NCC(=O)NC(C)(C)C(=O)NC(C)(C)C(=O)N1CCCCC1C(=O)NC(C)(C)C(=O)NCC(=O)NC(CC(C)C)C(=O)NC(C)(C)C(=O)NC(CC(C)C)CN1CCCN2CCCC21. The lowest BCUT2D eigenvalue weighted by Crippen LogP contribution is -2.67. The van der Waals surface area contributed by atoms with Crippen molar-refractivity contribution in [1.29, 1.82) is 0 Å². The van der Waals surface area contributed by atoms with E-state index >= 15 is 0 Å². The Morgan fingerprint density at radius 3 is 1.27 bits per heavy atom. The lowest BCUT2D eigenvalue weighted by atomic mass is 9.93. The fourth-order valence-corrected chi connectivity index (χ4v) is 15.2. The number of hydrogen-bond acceptors (Lipinski definition) is 18. The standard InChI is InChI=1S/C80H138N18O16/c1-48(2)42-52(47-95-38-29-37-94-36-28-33-61(94)95)84-68(109)75(10,11)88-63(104)54(44-50(5)6)85-59(101)45-83-67(108)74(8,9)89-65(106)56-31-24-27-41-98(56)73(114)80(20,21)93-70(111)77(14,15)87-60(102)46-82-58(100)34-35-81-62(103)53(43-49(3)4)86-69(110)76(12,13)92-71(112)78(16,17)90-66(107)57-32-23-26-40-97(57)72(113)79(18,19)91-64(105)55-30-22-25-39-96(55)51(7)99/h48-50,52-57,61H,22-47H2,1-21H3,(H,81,103)(H,82,100)(H,83,108)(H,84,109)(H,85,101)(H,86,110)(H,87,102)(H,88,104)(H,89,106)(H,90,107)(H,91,105)(H,92,112)(H,93,111). The van der Waals surface area contributed by atoms with Crippen LogP contribution in [-0.2, 0) is 76.7 Å². The second-order valence-corrected chi connectivity index (χ2v) is 36.7. The third-order valence-corrected chi connectivity index (χ3v) is 21.7. The molecule has 114 heavy (non-hydrogen) atoms. The second kappa shape index (κ2) is 40.8. The van der Waals surface area contributed by atoms with Gasteiger partial charge in [0.05, 0.1) is 19.3 Å². The Morgan fingerprint density at radius 2 is 0.763 bits per heavy atom. The predicted molar refractivity (Wildman–Crippen MR) is 428 cm³/mol. The first-order valence-corrected chi connectivity index (χ1v) is 41.1. The average molecular weight is 1610 g/mol. The Kier molecular flexibility index (Phi) is 34.4. The number of carbonyl (C=O) groups is 16. The van der Waals surface area contributed by atoms with E-state index in [-0.39, 0.29) is 81.4 Å². The summed E-state index contributed by atoms with van der Waals surface area (Å²) in [6.45, 7) is 36.8. The van der Waals surface area contributed by atoms with Crippen molar-refractivity contribution in [2.45, 2.75) is 329 Å². The summed E-state index contributed by atoms with van der Waals surface area (Å²) in [5.74, 6) is -9.78. The van der Waals surface area contributed by atoms with Crippen LogP contribution in [-0.4, -0.2) is 266 Å². The van der Waals surface area contributed by atoms with Gasteiger partial charge in [0.15, 0.2) is 0 Å². The molecule has 34 nitrogen and oxygen atoms in total. The van der Waals surface area contributed by atoms with Gasteiger partial charge in [0, 0.05) is 65.2 Å². The minimum atomic E-state index is -1.67. The average Bonchev–Trinajstić information content (AvgIpc) is 0.998. The monoisotopic (exact) mass is 1610 g/mol. The van der Waals surface area contributed by atoms with Gasteiger partial charge in [-0.15, -0.1) is 0 Å². The zero-order chi connectivity index (χ0) is 86.0. The van der Waals surface area contributed by atoms with Gasteiger partial charge in [-0.3, -0.25) is 86.5 Å². The van der Waals surface area contributed by atoms with E-state index in [9.17, 15) is 76.7 Å². The lowest BCUT2D eigenvalue weighted by Gasteiger charge is -2.42. The third kappa shape index (κ3) is 27.8. The van der Waals surface area contributed by atoms with Gasteiger partial charge in [0.25, 0.3) is 0 Å². The van der Waals surface area contributed by atoms with Crippen molar-refractivity contribution in [3.8, 4) is 0 Å². The smallest absolute Gasteiger partial charge is 0.248 e. The zero-order valence-corrected chi connectivity index (χ0v) is 71.9. The molecule has 0 spiro atoms. The summed E-state index contributed by atoms with van der Waals surface area (Å²) in [7, 11) is 0. The maximum atomic E-state index is 14.4. The molecule has 644 valence electrons. The van der Waals surface area contributed by atoms with Gasteiger partial charge in [0.1, 0.15) is 69.0 Å². The Balaban J connectivity index is 1.06. The van der Waals surface area contributed by atoms with Gasteiger partial charge in [-0.1, -0.05) is 41.5 Å². The van der Waals surface area contributed by atoms with Crippen molar-refractivity contribution in [3.05, 3.63) is 0 Å². The van der Waals surface area contributed by atoms with Crippen LogP contribution in [0.5, 0.6) is 0 Å². The zero-order valence-electron chi connectivity index (χ0n) is 71.9. The van der Waals surface area contributed by atoms with Gasteiger partial charge in [-0.25, -0.2) is 0 Å². The molecule has 5 fully saturated rings. The highest BCUT2D eigenvalue weighted by atomic mass is 16.2. The molecule has 7 unspecified atom stereocenters. The second-order valence-electron chi connectivity index (χ2n) is 36.7. The highest BCUT2D eigenvalue weighted by Gasteiger charge is 2.48. The molecule has 0 saturated carbocycles. The van der Waals surface area contributed by atoms with Crippen molar-refractivity contribution < 1.29 is 76.7 Å². The van der Waals surface area contributed by atoms with E-state index in [0.29, 0.717) is 57.3 Å². The van der Waals surface area contributed by atoms with E-state index in [4.69, 9.17) is 0 Å². The summed E-state index contributed by atoms with van der Waals surface area (Å²) < 4.78 is 0. The van der Waals surface area contributed by atoms with E-state index < -0.39 is 165 Å². The van der Waals surface area contributed by atoms with E-state index in [1.807, 2.05) is 27.7 Å². The summed E-state index contributed by atoms with van der Waals surface area (Å²) >= 11 is 0. The van der Waals surface area contributed by atoms with Gasteiger partial charge in [-0.05, 0) is 218 Å². The third-order valence-electron chi connectivity index (χ3n) is 21.7. The van der Waals surface area contributed by atoms with Crippen LogP contribution >= 0.6 is 0 Å². The Hall–Kier alpha value is -8.56. The minimum Gasteiger partial charge on any atom is -0.354 e. The molecule has 0 aromatic heterocycles. The van der Waals surface area contributed by atoms with Crippen LogP contribution in [0.1, 0.15) is 248 Å². The molecule has 5 aliphatic rings. The Morgan fingerprint density at radius 1 is 0.351 bits per heavy atom.